The van der Waals surface area contributed by atoms with Crippen LogP contribution in [0.5, 0.6) is 0 Å². The van der Waals surface area contributed by atoms with Crippen LogP contribution in [0.2, 0.25) is 0 Å². The van der Waals surface area contributed by atoms with Gasteiger partial charge in [0.05, 0.1) is 17.7 Å². The maximum atomic E-state index is 13.0. The lowest BCUT2D eigenvalue weighted by Gasteiger charge is -2.18. The van der Waals surface area contributed by atoms with E-state index in [1.807, 2.05) is 25.1 Å². The molecule has 6 heteroatoms. The fraction of sp³-hybridized carbons (Fsp3) is 0.348. The van der Waals surface area contributed by atoms with Gasteiger partial charge < -0.3 is 10.1 Å². The van der Waals surface area contributed by atoms with E-state index >= 15 is 0 Å². The number of aryl methyl sites for hydroxylation is 1. The first-order chi connectivity index (χ1) is 14.0. The molecular formula is C23H24N2O3S. The normalized spacial score (nSPS) is 15.8. The van der Waals surface area contributed by atoms with Gasteiger partial charge in [-0.1, -0.05) is 19.1 Å². The van der Waals surface area contributed by atoms with Crippen LogP contribution in [0.3, 0.4) is 0 Å². The number of hydrogen-bond donors (Lipinski definition) is 1. The highest BCUT2D eigenvalue weighted by atomic mass is 32.1. The van der Waals surface area contributed by atoms with Crippen molar-refractivity contribution in [1.82, 2.24) is 4.98 Å². The van der Waals surface area contributed by atoms with E-state index in [0.29, 0.717) is 28.7 Å². The Kier molecular flexibility index (Phi) is 5.37. The lowest BCUT2D eigenvalue weighted by molar-refractivity contribution is 0.0526. The topological polar surface area (TPSA) is 68.3 Å². The number of carbonyl (C=O) groups excluding carboxylic acids is 2. The fourth-order valence-electron chi connectivity index (χ4n) is 3.79. The molecule has 29 heavy (non-hydrogen) atoms. The number of rotatable bonds is 4. The quantitative estimate of drug-likeness (QED) is 0.606. The minimum atomic E-state index is -0.356. The Bertz CT molecular complexity index is 1100. The van der Waals surface area contributed by atoms with E-state index in [1.165, 1.54) is 16.2 Å². The molecule has 0 saturated heterocycles. The lowest BCUT2D eigenvalue weighted by atomic mass is 9.88. The Balaban J connectivity index is 1.68. The van der Waals surface area contributed by atoms with Crippen molar-refractivity contribution in [3.63, 3.8) is 0 Å². The summed E-state index contributed by atoms with van der Waals surface area (Å²) in [5.74, 6) is -0.0207. The van der Waals surface area contributed by atoms with Gasteiger partial charge >= 0.3 is 5.97 Å². The molecule has 1 aromatic carbocycles. The van der Waals surface area contributed by atoms with Crippen molar-refractivity contribution >= 4 is 39.1 Å². The van der Waals surface area contributed by atoms with E-state index in [0.717, 1.165) is 41.4 Å². The molecule has 150 valence electrons. The van der Waals surface area contributed by atoms with Crippen LogP contribution in [0.4, 0.5) is 5.00 Å². The fourth-order valence-corrected chi connectivity index (χ4v) is 5.19. The summed E-state index contributed by atoms with van der Waals surface area (Å²) >= 11 is 1.50. The Morgan fingerprint density at radius 1 is 1.28 bits per heavy atom. The number of carbonyl (C=O) groups is 2. The van der Waals surface area contributed by atoms with E-state index < -0.39 is 0 Å². The summed E-state index contributed by atoms with van der Waals surface area (Å²) in [6.45, 7) is 6.24. The Hall–Kier alpha value is -2.73. The maximum absolute atomic E-state index is 13.0. The van der Waals surface area contributed by atoms with Crippen molar-refractivity contribution in [2.24, 2.45) is 5.92 Å². The molecule has 0 saturated carbocycles. The van der Waals surface area contributed by atoms with Crippen LogP contribution in [0.1, 0.15) is 57.1 Å². The summed E-state index contributed by atoms with van der Waals surface area (Å²) in [4.78, 5) is 31.3. The van der Waals surface area contributed by atoms with Gasteiger partial charge in [-0.15, -0.1) is 11.3 Å². The van der Waals surface area contributed by atoms with Crippen molar-refractivity contribution in [1.29, 1.82) is 0 Å². The van der Waals surface area contributed by atoms with E-state index in [9.17, 15) is 9.59 Å². The van der Waals surface area contributed by atoms with Gasteiger partial charge in [-0.3, -0.25) is 9.78 Å². The molecule has 5 nitrogen and oxygen atoms in total. The second-order valence-corrected chi connectivity index (χ2v) is 8.70. The van der Waals surface area contributed by atoms with Crippen LogP contribution >= 0.6 is 11.3 Å². The predicted octanol–water partition coefficient (Wildman–Crippen LogP) is 5.16. The van der Waals surface area contributed by atoms with Gasteiger partial charge in [0, 0.05) is 21.5 Å². The molecular weight excluding hydrogens is 384 g/mol. The third-order valence-corrected chi connectivity index (χ3v) is 6.48. The first-order valence-electron chi connectivity index (χ1n) is 9.96. The highest BCUT2D eigenvalue weighted by Gasteiger charge is 2.29. The molecule has 4 rings (SSSR count). The van der Waals surface area contributed by atoms with Crippen molar-refractivity contribution in [3.05, 3.63) is 57.6 Å². The Labute approximate surface area is 174 Å². The number of ether oxygens (including phenoxy) is 1. The zero-order valence-corrected chi connectivity index (χ0v) is 17.7. The highest BCUT2D eigenvalue weighted by molar-refractivity contribution is 7.17. The largest absolute Gasteiger partial charge is 0.462 e. The smallest absolute Gasteiger partial charge is 0.341 e. The number of benzene rings is 1. The average Bonchev–Trinajstić information content (AvgIpc) is 3.04. The maximum Gasteiger partial charge on any atom is 0.341 e. The summed E-state index contributed by atoms with van der Waals surface area (Å²) in [6.07, 6.45) is 2.82. The molecule has 2 aromatic heterocycles. The molecule has 0 fully saturated rings. The van der Waals surface area contributed by atoms with Crippen LogP contribution in [0.25, 0.3) is 10.9 Å². The van der Waals surface area contributed by atoms with Gasteiger partial charge in [0.1, 0.15) is 5.00 Å². The summed E-state index contributed by atoms with van der Waals surface area (Å²) in [5, 5.41) is 4.54. The van der Waals surface area contributed by atoms with Gasteiger partial charge in [0.25, 0.3) is 5.91 Å². The molecule has 1 aliphatic carbocycles. The van der Waals surface area contributed by atoms with Gasteiger partial charge in [0.2, 0.25) is 0 Å². The second kappa shape index (κ2) is 7.95. The summed E-state index contributed by atoms with van der Waals surface area (Å²) < 4.78 is 5.28. The zero-order chi connectivity index (χ0) is 20.5. The van der Waals surface area contributed by atoms with Crippen molar-refractivity contribution < 1.29 is 14.3 Å². The Morgan fingerprint density at radius 3 is 2.86 bits per heavy atom. The standard InChI is InChI=1S/C23H24N2O3S/c1-4-28-23(27)20-17-10-5-13(2)11-19(17)29-22(20)25-21(26)16-9-8-15-7-6-14(3)24-18(15)12-16/h6-9,12-13H,4-5,10-11H2,1-3H3,(H,25,26). The van der Waals surface area contributed by atoms with Crippen molar-refractivity contribution in [3.8, 4) is 0 Å². The number of hydrogen-bond acceptors (Lipinski definition) is 5. The van der Waals surface area contributed by atoms with Gasteiger partial charge in [-0.25, -0.2) is 4.79 Å². The predicted molar refractivity (Wildman–Crippen MR) is 116 cm³/mol. The molecule has 1 unspecified atom stereocenters. The number of nitrogens with one attached hydrogen (secondary N) is 1. The van der Waals surface area contributed by atoms with Crippen LogP contribution in [-0.2, 0) is 17.6 Å². The minimum Gasteiger partial charge on any atom is -0.462 e. The number of pyridine rings is 1. The summed E-state index contributed by atoms with van der Waals surface area (Å²) in [6, 6.07) is 9.41. The summed E-state index contributed by atoms with van der Waals surface area (Å²) in [7, 11) is 0. The van der Waals surface area contributed by atoms with Crippen molar-refractivity contribution in [2.45, 2.75) is 40.0 Å². The molecule has 0 spiro atoms. The molecule has 0 aliphatic heterocycles. The lowest BCUT2D eigenvalue weighted by Crippen LogP contribution is -2.16. The number of thiophene rings is 1. The third kappa shape index (κ3) is 3.90. The first-order valence-corrected chi connectivity index (χ1v) is 10.8. The molecule has 1 amide bonds. The number of amides is 1. The van der Waals surface area contributed by atoms with Gasteiger partial charge in [0.15, 0.2) is 0 Å². The minimum absolute atomic E-state index is 0.243. The average molecular weight is 409 g/mol. The first kappa shape index (κ1) is 19.6. The molecule has 1 aliphatic rings. The van der Waals surface area contributed by atoms with Gasteiger partial charge in [-0.05, 0) is 62.8 Å². The van der Waals surface area contributed by atoms with Crippen LogP contribution in [-0.4, -0.2) is 23.5 Å². The van der Waals surface area contributed by atoms with Crippen molar-refractivity contribution in [2.75, 3.05) is 11.9 Å². The molecule has 3 aromatic rings. The monoisotopic (exact) mass is 408 g/mol. The Morgan fingerprint density at radius 2 is 2.07 bits per heavy atom. The van der Waals surface area contributed by atoms with E-state index in [-0.39, 0.29) is 11.9 Å². The third-order valence-electron chi connectivity index (χ3n) is 5.31. The van der Waals surface area contributed by atoms with E-state index in [2.05, 4.69) is 17.2 Å². The van der Waals surface area contributed by atoms with E-state index in [1.54, 1.807) is 19.1 Å². The summed E-state index contributed by atoms with van der Waals surface area (Å²) in [5.41, 5.74) is 3.77. The van der Waals surface area contributed by atoms with Gasteiger partial charge in [-0.2, -0.15) is 0 Å². The SMILES string of the molecule is CCOC(=O)c1c(NC(=O)c2ccc3ccc(C)nc3c2)sc2c1CCC(C)C2. The number of nitrogens with zero attached hydrogens (tertiary/aromatic N) is 1. The molecule has 2 heterocycles. The molecule has 0 bridgehead atoms. The molecule has 1 atom stereocenters. The molecule has 1 N–H and O–H groups in total. The number of aromatic nitrogens is 1. The van der Waals surface area contributed by atoms with Crippen LogP contribution in [0.15, 0.2) is 30.3 Å². The number of anilines is 1. The number of fused-ring (bicyclic) bond motifs is 2. The second-order valence-electron chi connectivity index (χ2n) is 7.59. The van der Waals surface area contributed by atoms with Crippen LogP contribution < -0.4 is 5.32 Å². The van der Waals surface area contributed by atoms with Crippen LogP contribution in [0, 0.1) is 12.8 Å². The highest BCUT2D eigenvalue weighted by Crippen LogP contribution is 2.40. The van der Waals surface area contributed by atoms with E-state index in [4.69, 9.17) is 4.74 Å². The number of esters is 1. The molecule has 0 radical (unpaired) electrons. The zero-order valence-electron chi connectivity index (χ0n) is 16.9.